The molecule has 0 aliphatic carbocycles. The number of ketones is 1. The number of Topliss-reactive ketones (excluding diaryl/α,β-unsaturated/α-hetero) is 1. The number of aromatic nitrogens is 1. The van der Waals surface area contributed by atoms with Crippen molar-refractivity contribution in [1.29, 1.82) is 0 Å². The molecule has 6 nitrogen and oxygen atoms in total. The molecule has 6 heteroatoms. The van der Waals surface area contributed by atoms with E-state index in [1.165, 1.54) is 5.01 Å². The van der Waals surface area contributed by atoms with E-state index in [2.05, 4.69) is 10.1 Å². The second-order valence-corrected chi connectivity index (χ2v) is 6.35. The molecule has 0 saturated carbocycles. The number of pyridine rings is 1. The van der Waals surface area contributed by atoms with Crippen molar-refractivity contribution in [3.8, 4) is 11.3 Å². The first-order valence-electron chi connectivity index (χ1n) is 8.58. The fourth-order valence-corrected chi connectivity index (χ4v) is 3.19. The average molecular weight is 359 g/mol. The maximum atomic E-state index is 12.8. The lowest BCUT2D eigenvalue weighted by Gasteiger charge is -2.13. The van der Waals surface area contributed by atoms with Crippen molar-refractivity contribution in [3.63, 3.8) is 0 Å². The molecule has 1 aromatic carbocycles. The first-order valence-corrected chi connectivity index (χ1v) is 8.58. The number of anilines is 1. The van der Waals surface area contributed by atoms with Crippen molar-refractivity contribution in [2.24, 2.45) is 11.0 Å². The molecule has 4 rings (SSSR count). The zero-order valence-corrected chi connectivity index (χ0v) is 14.7. The molecule has 0 saturated heterocycles. The van der Waals surface area contributed by atoms with E-state index in [9.17, 15) is 9.59 Å². The van der Waals surface area contributed by atoms with Crippen LogP contribution in [0.1, 0.15) is 12.5 Å². The standard InChI is InChI=1S/C21H17N3O3/c1-14-20(21(26)24(23-14)17-7-9-22-10-8-17)18(25)13-15-4-2-5-16(12-15)19-6-3-11-27-19/h2-12,20H,13H2,1H3. The largest absolute Gasteiger partial charge is 0.464 e. The van der Waals surface area contributed by atoms with Crippen LogP contribution in [0.15, 0.2) is 76.7 Å². The highest BCUT2D eigenvalue weighted by Crippen LogP contribution is 2.26. The van der Waals surface area contributed by atoms with E-state index in [0.717, 1.165) is 16.9 Å². The molecule has 0 spiro atoms. The third-order valence-electron chi connectivity index (χ3n) is 4.47. The predicted molar refractivity (Wildman–Crippen MR) is 101 cm³/mol. The minimum absolute atomic E-state index is 0.155. The highest BCUT2D eigenvalue weighted by molar-refractivity contribution is 6.27. The second-order valence-electron chi connectivity index (χ2n) is 6.35. The molecule has 2 aromatic heterocycles. The van der Waals surface area contributed by atoms with Crippen LogP contribution in [-0.2, 0) is 16.0 Å². The lowest BCUT2D eigenvalue weighted by molar-refractivity contribution is -0.128. The van der Waals surface area contributed by atoms with E-state index < -0.39 is 5.92 Å². The Morgan fingerprint density at radius 1 is 1.15 bits per heavy atom. The van der Waals surface area contributed by atoms with Crippen LogP contribution in [-0.4, -0.2) is 22.4 Å². The zero-order valence-electron chi connectivity index (χ0n) is 14.7. The number of nitrogens with zero attached hydrogens (tertiary/aromatic N) is 3. The molecule has 134 valence electrons. The number of carbonyl (C=O) groups excluding carboxylic acids is 2. The lowest BCUT2D eigenvalue weighted by Crippen LogP contribution is -2.33. The number of hydrazone groups is 1. The van der Waals surface area contributed by atoms with Gasteiger partial charge in [0.15, 0.2) is 5.78 Å². The fourth-order valence-electron chi connectivity index (χ4n) is 3.19. The Kier molecular flexibility index (Phi) is 4.38. The van der Waals surface area contributed by atoms with Crippen molar-refractivity contribution in [2.45, 2.75) is 13.3 Å². The molecule has 1 aliphatic heterocycles. The predicted octanol–water partition coefficient (Wildman–Crippen LogP) is 3.49. The topological polar surface area (TPSA) is 75.8 Å². The van der Waals surface area contributed by atoms with Gasteiger partial charge in [-0.15, -0.1) is 0 Å². The summed E-state index contributed by atoms with van der Waals surface area (Å²) in [4.78, 5) is 29.5. The monoisotopic (exact) mass is 359 g/mol. The van der Waals surface area contributed by atoms with E-state index in [0.29, 0.717) is 11.4 Å². The van der Waals surface area contributed by atoms with E-state index in [1.807, 2.05) is 36.4 Å². The quantitative estimate of drug-likeness (QED) is 0.654. The number of amides is 1. The fraction of sp³-hybridized carbons (Fsp3) is 0.143. The van der Waals surface area contributed by atoms with Gasteiger partial charge in [0.05, 0.1) is 17.7 Å². The van der Waals surface area contributed by atoms with Crippen molar-refractivity contribution in [3.05, 3.63) is 72.8 Å². The molecule has 0 fully saturated rings. The summed E-state index contributed by atoms with van der Waals surface area (Å²) in [5.74, 6) is -0.617. The van der Waals surface area contributed by atoms with Crippen LogP contribution in [0, 0.1) is 5.92 Å². The first kappa shape index (κ1) is 16.9. The van der Waals surface area contributed by atoms with Crippen molar-refractivity contribution in [1.82, 2.24) is 4.98 Å². The summed E-state index contributed by atoms with van der Waals surface area (Å²) >= 11 is 0. The molecule has 0 bridgehead atoms. The van der Waals surface area contributed by atoms with Crippen LogP contribution < -0.4 is 5.01 Å². The van der Waals surface area contributed by atoms with Crippen LogP contribution in [0.2, 0.25) is 0 Å². The molecule has 3 aromatic rings. The molecular formula is C21H17N3O3. The zero-order chi connectivity index (χ0) is 18.8. The minimum Gasteiger partial charge on any atom is -0.464 e. The average Bonchev–Trinajstić information content (AvgIpc) is 3.31. The summed E-state index contributed by atoms with van der Waals surface area (Å²) in [6.45, 7) is 1.71. The third kappa shape index (κ3) is 3.29. The van der Waals surface area contributed by atoms with Gasteiger partial charge in [-0.05, 0) is 42.8 Å². The van der Waals surface area contributed by atoms with Gasteiger partial charge in [-0.3, -0.25) is 14.6 Å². The number of hydrogen-bond acceptors (Lipinski definition) is 5. The van der Waals surface area contributed by atoms with Crippen molar-refractivity contribution < 1.29 is 14.0 Å². The van der Waals surface area contributed by atoms with E-state index in [-0.39, 0.29) is 18.1 Å². The molecular weight excluding hydrogens is 342 g/mol. The van der Waals surface area contributed by atoms with Gasteiger partial charge in [0, 0.05) is 24.4 Å². The highest BCUT2D eigenvalue weighted by Gasteiger charge is 2.39. The van der Waals surface area contributed by atoms with Gasteiger partial charge >= 0.3 is 0 Å². The summed E-state index contributed by atoms with van der Waals surface area (Å²) in [5, 5.41) is 5.56. The summed E-state index contributed by atoms with van der Waals surface area (Å²) in [7, 11) is 0. The molecule has 1 unspecified atom stereocenters. The van der Waals surface area contributed by atoms with Crippen molar-refractivity contribution in [2.75, 3.05) is 5.01 Å². The Morgan fingerprint density at radius 2 is 1.96 bits per heavy atom. The van der Waals surface area contributed by atoms with Gasteiger partial charge in [-0.1, -0.05) is 18.2 Å². The second kappa shape index (κ2) is 6.99. The van der Waals surface area contributed by atoms with Crippen LogP contribution in [0.5, 0.6) is 0 Å². The molecule has 1 atom stereocenters. The number of rotatable bonds is 5. The summed E-state index contributed by atoms with van der Waals surface area (Å²) < 4.78 is 5.41. The molecule has 0 N–H and O–H groups in total. The first-order chi connectivity index (χ1) is 13.1. The third-order valence-corrected chi connectivity index (χ3v) is 4.47. The highest BCUT2D eigenvalue weighted by atomic mass is 16.3. The van der Waals surface area contributed by atoms with Gasteiger partial charge in [-0.25, -0.2) is 0 Å². The summed E-state index contributed by atoms with van der Waals surface area (Å²) in [5.41, 5.74) is 2.83. The molecule has 1 amide bonds. The maximum Gasteiger partial charge on any atom is 0.263 e. The van der Waals surface area contributed by atoms with Gasteiger partial charge in [0.1, 0.15) is 11.7 Å². The molecule has 27 heavy (non-hydrogen) atoms. The maximum absolute atomic E-state index is 12.8. The number of benzene rings is 1. The summed E-state index contributed by atoms with van der Waals surface area (Å²) in [6, 6.07) is 14.6. The van der Waals surface area contributed by atoms with E-state index >= 15 is 0 Å². The Balaban J connectivity index is 1.53. The minimum atomic E-state index is -0.856. The smallest absolute Gasteiger partial charge is 0.263 e. The van der Waals surface area contributed by atoms with Gasteiger partial charge in [0.2, 0.25) is 0 Å². The van der Waals surface area contributed by atoms with E-state index in [1.54, 1.807) is 37.7 Å². The van der Waals surface area contributed by atoms with E-state index in [4.69, 9.17) is 4.42 Å². The van der Waals surface area contributed by atoms with Crippen LogP contribution in [0.4, 0.5) is 5.69 Å². The van der Waals surface area contributed by atoms with Crippen molar-refractivity contribution >= 4 is 23.1 Å². The Labute approximate surface area is 156 Å². The molecule has 0 radical (unpaired) electrons. The van der Waals surface area contributed by atoms with Gasteiger partial charge < -0.3 is 4.42 Å². The number of furan rings is 1. The molecule has 3 heterocycles. The molecule has 1 aliphatic rings. The Bertz CT molecular complexity index is 1010. The Hall–Kier alpha value is -3.54. The Morgan fingerprint density at radius 3 is 2.70 bits per heavy atom. The SMILES string of the molecule is CC1=NN(c2ccncc2)C(=O)C1C(=O)Cc1cccc(-c2ccco2)c1. The number of carbonyl (C=O) groups is 2. The number of hydrogen-bond donors (Lipinski definition) is 0. The van der Waals surface area contributed by atoms with Gasteiger partial charge in [-0.2, -0.15) is 10.1 Å². The van der Waals surface area contributed by atoms with Crippen LogP contribution in [0.25, 0.3) is 11.3 Å². The van der Waals surface area contributed by atoms with Crippen LogP contribution >= 0.6 is 0 Å². The normalized spacial score (nSPS) is 16.5. The lowest BCUT2D eigenvalue weighted by atomic mass is 9.93. The van der Waals surface area contributed by atoms with Gasteiger partial charge in [0.25, 0.3) is 5.91 Å². The summed E-state index contributed by atoms with van der Waals surface area (Å²) in [6.07, 6.45) is 4.94. The van der Waals surface area contributed by atoms with Crippen LogP contribution in [0.3, 0.4) is 0 Å².